The summed E-state index contributed by atoms with van der Waals surface area (Å²) < 4.78 is 13.9. The molecular weight excluding hydrogens is 510 g/mol. The van der Waals surface area contributed by atoms with E-state index in [-0.39, 0.29) is 16.6 Å². The van der Waals surface area contributed by atoms with Crippen LogP contribution in [-0.4, -0.2) is 26.0 Å². The van der Waals surface area contributed by atoms with Crippen LogP contribution in [0.15, 0.2) is 114 Å². The summed E-state index contributed by atoms with van der Waals surface area (Å²) in [5.41, 5.74) is 2.51. The fraction of sp³-hybridized carbons (Fsp3) is 0.286. The summed E-state index contributed by atoms with van der Waals surface area (Å²) in [5, 5.41) is 2.24. The molecule has 0 bridgehead atoms. The monoisotopic (exact) mass is 549 g/mol. The summed E-state index contributed by atoms with van der Waals surface area (Å²) in [6.07, 6.45) is 3.51. The molecule has 0 fully saturated rings. The third kappa shape index (κ3) is 4.57. The zero-order valence-electron chi connectivity index (χ0n) is 24.3. The van der Waals surface area contributed by atoms with Gasteiger partial charge >= 0.3 is 0 Å². The zero-order valence-corrected chi connectivity index (χ0v) is 25.3. The van der Waals surface area contributed by atoms with Crippen LogP contribution in [0.3, 0.4) is 0 Å². The first kappa shape index (κ1) is 27.9. The van der Waals surface area contributed by atoms with Crippen LogP contribution in [0.4, 0.5) is 0 Å². The van der Waals surface area contributed by atoms with Crippen molar-refractivity contribution >= 4 is 18.7 Å². The van der Waals surface area contributed by atoms with Gasteiger partial charge in [0, 0.05) is 18.4 Å². The van der Waals surface area contributed by atoms with Gasteiger partial charge in [-0.05, 0) is 47.3 Å². The SMILES string of the molecule is C/C=C(\C)[C@@H]1Oc2[nH]cc(-c3ccccc3)c(=O)c2[C@]1(C)CO[Si](c1ccccc1)(c1ccccc1)C(C)(C)C. The van der Waals surface area contributed by atoms with Gasteiger partial charge in [-0.3, -0.25) is 4.79 Å². The van der Waals surface area contributed by atoms with Gasteiger partial charge in [-0.15, -0.1) is 0 Å². The van der Waals surface area contributed by atoms with Crippen LogP contribution >= 0.6 is 0 Å². The van der Waals surface area contributed by atoms with Gasteiger partial charge in [0.2, 0.25) is 0 Å². The first-order chi connectivity index (χ1) is 19.1. The van der Waals surface area contributed by atoms with Gasteiger partial charge in [0.05, 0.1) is 11.0 Å². The fourth-order valence-corrected chi connectivity index (χ4v) is 10.9. The second kappa shape index (κ2) is 10.7. The maximum Gasteiger partial charge on any atom is 0.261 e. The Bertz CT molecular complexity index is 1520. The minimum absolute atomic E-state index is 0.0140. The van der Waals surface area contributed by atoms with Crippen molar-refractivity contribution in [3.8, 4) is 17.0 Å². The van der Waals surface area contributed by atoms with Gasteiger partial charge in [-0.25, -0.2) is 0 Å². The van der Waals surface area contributed by atoms with Crippen molar-refractivity contribution in [1.29, 1.82) is 0 Å². The van der Waals surface area contributed by atoms with Crippen LogP contribution in [0.1, 0.15) is 47.1 Å². The molecule has 0 radical (unpaired) electrons. The van der Waals surface area contributed by atoms with Crippen LogP contribution in [0.2, 0.25) is 5.04 Å². The highest BCUT2D eigenvalue weighted by Crippen LogP contribution is 2.45. The molecule has 3 aromatic carbocycles. The van der Waals surface area contributed by atoms with E-state index >= 15 is 0 Å². The lowest BCUT2D eigenvalue weighted by Gasteiger charge is -2.45. The van der Waals surface area contributed by atoms with E-state index in [0.29, 0.717) is 23.6 Å². The number of aromatic amines is 1. The highest BCUT2D eigenvalue weighted by molar-refractivity contribution is 6.99. The second-order valence-electron chi connectivity index (χ2n) is 12.0. The summed E-state index contributed by atoms with van der Waals surface area (Å²) in [7, 11) is -2.84. The van der Waals surface area contributed by atoms with Crippen molar-refractivity contribution < 1.29 is 9.16 Å². The van der Waals surface area contributed by atoms with Crippen LogP contribution < -0.4 is 20.5 Å². The summed E-state index contributed by atoms with van der Waals surface area (Å²) in [5.74, 6) is 0.532. The van der Waals surface area contributed by atoms with Gasteiger partial charge in [0.15, 0.2) is 11.3 Å². The Morgan fingerprint density at radius 1 is 0.950 bits per heavy atom. The minimum Gasteiger partial charge on any atom is -0.470 e. The molecule has 206 valence electrons. The molecule has 1 N–H and O–H groups in total. The predicted molar refractivity (Wildman–Crippen MR) is 167 cm³/mol. The van der Waals surface area contributed by atoms with Crippen LogP contribution in [0.25, 0.3) is 11.1 Å². The van der Waals surface area contributed by atoms with Crippen molar-refractivity contribution in [2.75, 3.05) is 6.61 Å². The third-order valence-corrected chi connectivity index (χ3v) is 13.4. The molecule has 40 heavy (non-hydrogen) atoms. The number of hydrogen-bond acceptors (Lipinski definition) is 3. The summed E-state index contributed by atoms with van der Waals surface area (Å²) in [4.78, 5) is 17.5. The Morgan fingerprint density at radius 2 is 1.48 bits per heavy atom. The maximum atomic E-state index is 14.2. The van der Waals surface area contributed by atoms with Crippen molar-refractivity contribution in [3.05, 3.63) is 125 Å². The number of hydrogen-bond donors (Lipinski definition) is 1. The van der Waals surface area contributed by atoms with E-state index in [1.54, 1.807) is 6.20 Å². The molecular formula is C35H39NO3Si. The Morgan fingerprint density at radius 3 is 1.98 bits per heavy atom. The summed E-state index contributed by atoms with van der Waals surface area (Å²) >= 11 is 0. The molecule has 1 aliphatic rings. The first-order valence-electron chi connectivity index (χ1n) is 14.0. The zero-order chi connectivity index (χ0) is 28.5. The Hall–Kier alpha value is -3.67. The number of allylic oxidation sites excluding steroid dienone is 1. The topological polar surface area (TPSA) is 51.3 Å². The van der Waals surface area contributed by atoms with Crippen molar-refractivity contribution in [1.82, 2.24) is 4.98 Å². The van der Waals surface area contributed by atoms with E-state index in [1.165, 1.54) is 10.4 Å². The second-order valence-corrected chi connectivity index (χ2v) is 16.3. The normalized spacial score (nSPS) is 19.2. The first-order valence-corrected chi connectivity index (χ1v) is 15.9. The molecule has 0 unspecified atom stereocenters. The lowest BCUT2D eigenvalue weighted by molar-refractivity contribution is 0.127. The number of pyridine rings is 1. The van der Waals surface area contributed by atoms with E-state index in [9.17, 15) is 4.79 Å². The summed E-state index contributed by atoms with van der Waals surface area (Å²) in [6, 6.07) is 31.1. The molecule has 5 heteroatoms. The number of nitrogens with one attached hydrogen (secondary N) is 1. The lowest BCUT2D eigenvalue weighted by Crippen LogP contribution is -2.67. The standard InChI is InChI=1S/C35H39NO3Si/c1-7-25(2)32-35(6,30-31(37)29(23-36-33(30)39-32)26-17-11-8-12-18-26)24-38-40(34(3,4)5,27-19-13-9-14-20-27)28-21-15-10-16-22-28/h7-23,32H,24H2,1-6H3,(H,36,37)/b25-7+/t32-,35-/m0/s1. The van der Waals surface area contributed by atoms with E-state index < -0.39 is 13.7 Å². The smallest absolute Gasteiger partial charge is 0.261 e. The molecule has 0 amide bonds. The average Bonchev–Trinajstić information content (AvgIpc) is 3.27. The predicted octanol–water partition coefficient (Wildman–Crippen LogP) is 6.60. The number of fused-ring (bicyclic) bond motifs is 1. The third-order valence-electron chi connectivity index (χ3n) is 8.39. The molecule has 0 aliphatic carbocycles. The van der Waals surface area contributed by atoms with Crippen LogP contribution in [-0.2, 0) is 9.84 Å². The highest BCUT2D eigenvalue weighted by Gasteiger charge is 2.55. The van der Waals surface area contributed by atoms with Gasteiger partial charge in [0.25, 0.3) is 8.32 Å². The molecule has 0 spiro atoms. The molecule has 2 atom stereocenters. The quantitative estimate of drug-likeness (QED) is 0.209. The van der Waals surface area contributed by atoms with Crippen LogP contribution in [0.5, 0.6) is 5.88 Å². The van der Waals surface area contributed by atoms with Gasteiger partial charge < -0.3 is 14.1 Å². The molecule has 2 heterocycles. The summed E-state index contributed by atoms with van der Waals surface area (Å²) in [6.45, 7) is 13.4. The Labute approximate surface area is 238 Å². The van der Waals surface area contributed by atoms with Crippen molar-refractivity contribution in [3.63, 3.8) is 0 Å². The van der Waals surface area contributed by atoms with Gasteiger partial charge in [-0.2, -0.15) is 0 Å². The van der Waals surface area contributed by atoms with Crippen LogP contribution in [0, 0.1) is 0 Å². The van der Waals surface area contributed by atoms with Gasteiger partial charge in [0.1, 0.15) is 6.10 Å². The molecule has 1 aliphatic heterocycles. The lowest BCUT2D eigenvalue weighted by atomic mass is 9.77. The average molecular weight is 550 g/mol. The van der Waals surface area contributed by atoms with E-state index in [4.69, 9.17) is 9.16 Å². The number of rotatable bonds is 7. The molecule has 0 saturated carbocycles. The van der Waals surface area contributed by atoms with Crippen molar-refractivity contribution in [2.45, 2.75) is 58.1 Å². The van der Waals surface area contributed by atoms with E-state index in [0.717, 1.165) is 11.1 Å². The number of ether oxygens (including phenoxy) is 1. The molecule has 1 aromatic heterocycles. The Kier molecular flexibility index (Phi) is 7.47. The fourth-order valence-electron chi connectivity index (χ4n) is 6.25. The molecule has 4 nitrogen and oxygen atoms in total. The number of H-pyrrole nitrogens is 1. The molecule has 5 rings (SSSR count). The number of aromatic nitrogens is 1. The van der Waals surface area contributed by atoms with E-state index in [2.05, 4.69) is 106 Å². The largest absolute Gasteiger partial charge is 0.470 e. The minimum atomic E-state index is -2.84. The number of benzene rings is 3. The van der Waals surface area contributed by atoms with Gasteiger partial charge in [-0.1, -0.05) is 118 Å². The highest BCUT2D eigenvalue weighted by atomic mass is 28.4. The molecule has 4 aromatic rings. The molecule has 0 saturated heterocycles. The Balaban J connectivity index is 1.69. The van der Waals surface area contributed by atoms with E-state index in [1.807, 2.05) is 37.3 Å². The maximum absolute atomic E-state index is 14.2. The van der Waals surface area contributed by atoms with Crippen molar-refractivity contribution in [2.24, 2.45) is 0 Å².